The maximum Gasteiger partial charge on any atom is 0.282 e. The Morgan fingerprint density at radius 2 is 2.16 bits per heavy atom. The van der Waals surface area contributed by atoms with Crippen molar-refractivity contribution in [3.8, 4) is 0 Å². The Morgan fingerprint density at radius 1 is 1.53 bits per heavy atom. The molecular formula is C12H16ClN3O3. The average Bonchev–Trinajstić information content (AvgIpc) is 2.34. The van der Waals surface area contributed by atoms with E-state index < -0.39 is 10.8 Å². The molecule has 1 aromatic rings. The van der Waals surface area contributed by atoms with Crippen molar-refractivity contribution in [3.63, 3.8) is 0 Å². The van der Waals surface area contributed by atoms with Gasteiger partial charge in [0, 0.05) is 23.7 Å². The van der Waals surface area contributed by atoms with E-state index >= 15 is 0 Å². The van der Waals surface area contributed by atoms with Crippen molar-refractivity contribution in [1.29, 1.82) is 0 Å². The maximum absolute atomic E-state index is 11.9. The van der Waals surface area contributed by atoms with Crippen molar-refractivity contribution in [2.24, 2.45) is 11.7 Å². The molecule has 0 saturated carbocycles. The van der Waals surface area contributed by atoms with Crippen LogP contribution >= 0.6 is 11.6 Å². The minimum atomic E-state index is -0.617. The van der Waals surface area contributed by atoms with Crippen LogP contribution in [0, 0.1) is 16.0 Å². The van der Waals surface area contributed by atoms with Crippen LogP contribution in [-0.2, 0) is 0 Å². The molecule has 0 heterocycles. The minimum Gasteiger partial charge on any atom is -0.350 e. The van der Waals surface area contributed by atoms with Gasteiger partial charge in [-0.2, -0.15) is 0 Å². The van der Waals surface area contributed by atoms with E-state index in [0.29, 0.717) is 0 Å². The lowest BCUT2D eigenvalue weighted by Crippen LogP contribution is -2.40. The Labute approximate surface area is 116 Å². The fraction of sp³-hybridized carbons (Fsp3) is 0.417. The average molecular weight is 286 g/mol. The van der Waals surface area contributed by atoms with Gasteiger partial charge in [0.1, 0.15) is 5.56 Å². The third-order valence-corrected chi connectivity index (χ3v) is 2.99. The Balaban J connectivity index is 2.87. The van der Waals surface area contributed by atoms with Crippen LogP contribution in [0.15, 0.2) is 18.2 Å². The summed E-state index contributed by atoms with van der Waals surface area (Å²) in [6, 6.07) is 3.65. The van der Waals surface area contributed by atoms with Crippen LogP contribution < -0.4 is 11.1 Å². The number of nitro groups is 1. The van der Waals surface area contributed by atoms with Crippen LogP contribution in [0.5, 0.6) is 0 Å². The number of halogens is 1. The molecule has 19 heavy (non-hydrogen) atoms. The van der Waals surface area contributed by atoms with Gasteiger partial charge in [-0.05, 0) is 18.1 Å². The third-order valence-electron chi connectivity index (χ3n) is 2.75. The van der Waals surface area contributed by atoms with Crippen LogP contribution in [0.3, 0.4) is 0 Å². The van der Waals surface area contributed by atoms with Gasteiger partial charge in [0.25, 0.3) is 11.6 Å². The number of amides is 1. The number of nitrogens with one attached hydrogen (secondary N) is 1. The van der Waals surface area contributed by atoms with Gasteiger partial charge in [-0.15, -0.1) is 0 Å². The van der Waals surface area contributed by atoms with E-state index in [1.807, 2.05) is 13.8 Å². The molecule has 0 aliphatic carbocycles. The summed E-state index contributed by atoms with van der Waals surface area (Å²) in [5, 5.41) is 13.7. The predicted molar refractivity (Wildman–Crippen MR) is 73.3 cm³/mol. The molecule has 3 N–H and O–H groups in total. The molecule has 6 nitrogen and oxygen atoms in total. The summed E-state index contributed by atoms with van der Waals surface area (Å²) >= 11 is 5.75. The lowest BCUT2D eigenvalue weighted by molar-refractivity contribution is -0.385. The molecule has 104 valence electrons. The topological polar surface area (TPSA) is 98.3 Å². The highest BCUT2D eigenvalue weighted by Crippen LogP contribution is 2.22. The van der Waals surface area contributed by atoms with Crippen LogP contribution in [-0.4, -0.2) is 23.4 Å². The molecule has 1 atom stereocenters. The number of nitro benzene ring substituents is 1. The molecule has 1 rings (SSSR count). The van der Waals surface area contributed by atoms with E-state index in [4.69, 9.17) is 17.3 Å². The first kappa shape index (κ1) is 15.4. The highest BCUT2D eigenvalue weighted by Gasteiger charge is 2.21. The predicted octanol–water partition coefficient (Wildman–Crippen LogP) is 1.96. The number of rotatable bonds is 5. The van der Waals surface area contributed by atoms with E-state index in [9.17, 15) is 14.9 Å². The van der Waals surface area contributed by atoms with Crippen molar-refractivity contribution in [1.82, 2.24) is 5.32 Å². The largest absolute Gasteiger partial charge is 0.350 e. The number of benzene rings is 1. The summed E-state index contributed by atoms with van der Waals surface area (Å²) in [4.78, 5) is 22.1. The standard InChI is InChI=1S/C12H16ClN3O3/c1-7(2)10(14)6-15-12(17)9-5-8(13)3-4-11(9)16(18)19/h3-5,7,10H,6,14H2,1-2H3,(H,15,17). The zero-order chi connectivity index (χ0) is 14.6. The van der Waals surface area contributed by atoms with Crippen molar-refractivity contribution >= 4 is 23.2 Å². The minimum absolute atomic E-state index is 0.0616. The molecule has 0 radical (unpaired) electrons. The SMILES string of the molecule is CC(C)C(N)CNC(=O)c1cc(Cl)ccc1[N+](=O)[O-]. The van der Waals surface area contributed by atoms with Gasteiger partial charge in [0.2, 0.25) is 0 Å². The first-order valence-corrected chi connectivity index (χ1v) is 6.18. The number of hydrogen-bond donors (Lipinski definition) is 2. The van der Waals surface area contributed by atoms with E-state index in [1.54, 1.807) is 0 Å². The highest BCUT2D eigenvalue weighted by atomic mass is 35.5. The van der Waals surface area contributed by atoms with Crippen molar-refractivity contribution < 1.29 is 9.72 Å². The normalized spacial score (nSPS) is 12.3. The quantitative estimate of drug-likeness (QED) is 0.638. The van der Waals surface area contributed by atoms with Crippen LogP contribution in [0.25, 0.3) is 0 Å². The van der Waals surface area contributed by atoms with Gasteiger partial charge in [0.05, 0.1) is 4.92 Å². The van der Waals surface area contributed by atoms with E-state index in [2.05, 4.69) is 5.32 Å². The molecular weight excluding hydrogens is 270 g/mol. The molecule has 1 unspecified atom stereocenters. The van der Waals surface area contributed by atoms with E-state index in [0.717, 1.165) is 0 Å². The number of nitrogens with zero attached hydrogens (tertiary/aromatic N) is 1. The second kappa shape index (κ2) is 6.49. The Kier molecular flexibility index (Phi) is 5.26. The van der Waals surface area contributed by atoms with Crippen LogP contribution in [0.1, 0.15) is 24.2 Å². The molecule has 0 saturated heterocycles. The second-order valence-corrected chi connectivity index (χ2v) is 4.97. The zero-order valence-corrected chi connectivity index (χ0v) is 11.5. The maximum atomic E-state index is 11.9. The number of hydrogen-bond acceptors (Lipinski definition) is 4. The highest BCUT2D eigenvalue weighted by molar-refractivity contribution is 6.31. The summed E-state index contributed by atoms with van der Waals surface area (Å²) < 4.78 is 0. The monoisotopic (exact) mass is 285 g/mol. The van der Waals surface area contributed by atoms with Gasteiger partial charge < -0.3 is 11.1 Å². The molecule has 0 aliphatic heterocycles. The molecule has 1 amide bonds. The summed E-state index contributed by atoms with van der Waals surface area (Å²) in [5.41, 5.74) is 5.46. The van der Waals surface area contributed by atoms with Crippen LogP contribution in [0.4, 0.5) is 5.69 Å². The fourth-order valence-corrected chi connectivity index (χ4v) is 1.56. The molecule has 0 fully saturated rings. The fourth-order valence-electron chi connectivity index (χ4n) is 1.39. The Hall–Kier alpha value is -1.66. The van der Waals surface area contributed by atoms with Gasteiger partial charge in [-0.25, -0.2) is 0 Å². The number of carbonyl (C=O) groups is 1. The second-order valence-electron chi connectivity index (χ2n) is 4.54. The van der Waals surface area contributed by atoms with Gasteiger partial charge in [-0.1, -0.05) is 25.4 Å². The smallest absolute Gasteiger partial charge is 0.282 e. The molecule has 7 heteroatoms. The number of carbonyl (C=O) groups excluding carboxylic acids is 1. The third kappa shape index (κ3) is 4.18. The first-order chi connectivity index (χ1) is 8.82. The molecule has 0 aliphatic rings. The molecule has 0 bridgehead atoms. The lowest BCUT2D eigenvalue weighted by Gasteiger charge is -2.16. The molecule has 0 aromatic heterocycles. The van der Waals surface area contributed by atoms with E-state index in [-0.39, 0.29) is 34.8 Å². The van der Waals surface area contributed by atoms with Crippen molar-refractivity contribution in [3.05, 3.63) is 38.9 Å². The van der Waals surface area contributed by atoms with Crippen molar-refractivity contribution in [2.75, 3.05) is 6.54 Å². The van der Waals surface area contributed by atoms with E-state index in [1.165, 1.54) is 18.2 Å². The lowest BCUT2D eigenvalue weighted by atomic mass is 10.1. The Morgan fingerprint density at radius 3 is 2.68 bits per heavy atom. The van der Waals surface area contributed by atoms with Crippen LogP contribution in [0.2, 0.25) is 5.02 Å². The summed E-state index contributed by atoms with van der Waals surface area (Å²) in [6.45, 7) is 4.11. The summed E-state index contributed by atoms with van der Waals surface area (Å²) in [6.07, 6.45) is 0. The molecule has 1 aromatic carbocycles. The zero-order valence-electron chi connectivity index (χ0n) is 10.7. The number of nitrogens with two attached hydrogens (primary N) is 1. The Bertz CT molecular complexity index is 491. The van der Waals surface area contributed by atoms with Gasteiger partial charge in [-0.3, -0.25) is 14.9 Å². The first-order valence-electron chi connectivity index (χ1n) is 5.80. The van der Waals surface area contributed by atoms with Crippen molar-refractivity contribution in [2.45, 2.75) is 19.9 Å². The molecule has 0 spiro atoms. The van der Waals surface area contributed by atoms with Gasteiger partial charge in [0.15, 0.2) is 0 Å². The van der Waals surface area contributed by atoms with Gasteiger partial charge >= 0.3 is 0 Å². The summed E-state index contributed by atoms with van der Waals surface area (Å²) in [7, 11) is 0. The summed E-state index contributed by atoms with van der Waals surface area (Å²) in [5.74, 6) is -0.347.